The predicted octanol–water partition coefficient (Wildman–Crippen LogP) is 5.70. The van der Waals surface area contributed by atoms with Crippen LogP contribution < -0.4 is 15.3 Å². The van der Waals surface area contributed by atoms with Crippen molar-refractivity contribution in [3.8, 4) is 22.7 Å². The van der Waals surface area contributed by atoms with Gasteiger partial charge in [0.25, 0.3) is 0 Å². The summed E-state index contributed by atoms with van der Waals surface area (Å²) in [5.74, 6) is -0.342. The first-order valence-corrected chi connectivity index (χ1v) is 14.7. The van der Waals surface area contributed by atoms with Crippen LogP contribution in [0.25, 0.3) is 28.0 Å². The Morgan fingerprint density at radius 3 is 2.67 bits per heavy atom. The number of anilines is 1. The quantitative estimate of drug-likeness (QED) is 0.269. The van der Waals surface area contributed by atoms with E-state index in [2.05, 4.69) is 16.5 Å². The van der Waals surface area contributed by atoms with Gasteiger partial charge in [-0.05, 0) is 49.6 Å². The molecule has 6 rings (SSSR count). The van der Waals surface area contributed by atoms with Gasteiger partial charge in [0.2, 0.25) is 5.91 Å². The van der Waals surface area contributed by atoms with Gasteiger partial charge in [-0.2, -0.15) is 4.98 Å². The molecule has 0 aliphatic carbocycles. The Kier molecular flexibility index (Phi) is 7.38. The molecule has 4 aromatic rings. The van der Waals surface area contributed by atoms with Gasteiger partial charge in [0.15, 0.2) is 11.4 Å². The number of amides is 1. The van der Waals surface area contributed by atoms with Crippen LogP contribution in [-0.2, 0) is 4.79 Å². The van der Waals surface area contributed by atoms with E-state index in [1.165, 1.54) is 22.8 Å². The third kappa shape index (κ3) is 4.64. The van der Waals surface area contributed by atoms with Gasteiger partial charge in [0, 0.05) is 25.3 Å². The van der Waals surface area contributed by atoms with Gasteiger partial charge in [-0.15, -0.1) is 0 Å². The Balaban J connectivity index is 1.73. The Morgan fingerprint density at radius 2 is 1.98 bits per heavy atom. The molecule has 3 aromatic heterocycles. The zero-order valence-electron chi connectivity index (χ0n) is 24.1. The number of pyridine rings is 2. The molecule has 1 aromatic carbocycles. The molecule has 43 heavy (non-hydrogen) atoms. The number of hydrogen-bond donors (Lipinski definition) is 0. The molecule has 12 heteroatoms. The Bertz CT molecular complexity index is 1860. The second kappa shape index (κ2) is 10.9. The van der Waals surface area contributed by atoms with Crippen LogP contribution in [0.3, 0.4) is 0 Å². The predicted molar refractivity (Wildman–Crippen MR) is 165 cm³/mol. The molecule has 0 saturated carbocycles. The van der Waals surface area contributed by atoms with Crippen LogP contribution in [0.15, 0.2) is 47.9 Å². The zero-order valence-corrected chi connectivity index (χ0v) is 25.6. The number of carbonyl (C=O) groups is 1. The SMILES string of the molecule is C=CC(=O)N1CC(C)N2c3nc(=O)n(-c4c(C)ccnc4C(C)C)c4nc(-c5c(F)cccc5Cl)c(Cl)c(c34)OCC2C1. The molecule has 0 bridgehead atoms. The lowest BCUT2D eigenvalue weighted by atomic mass is 10.0. The number of piperazine rings is 1. The minimum Gasteiger partial charge on any atom is -0.489 e. The lowest BCUT2D eigenvalue weighted by Crippen LogP contribution is -2.61. The lowest BCUT2D eigenvalue weighted by Gasteiger charge is -2.45. The number of nitrogens with zero attached hydrogens (tertiary/aromatic N) is 6. The molecule has 1 amide bonds. The summed E-state index contributed by atoms with van der Waals surface area (Å²) in [7, 11) is 0. The van der Waals surface area contributed by atoms with Crippen molar-refractivity contribution in [1.82, 2.24) is 24.4 Å². The fourth-order valence-electron chi connectivity index (χ4n) is 6.07. The third-order valence-corrected chi connectivity index (χ3v) is 8.63. The van der Waals surface area contributed by atoms with E-state index < -0.39 is 11.5 Å². The maximum absolute atomic E-state index is 15.3. The highest BCUT2D eigenvalue weighted by Crippen LogP contribution is 2.47. The monoisotopic (exact) mass is 622 g/mol. The van der Waals surface area contributed by atoms with Crippen LogP contribution >= 0.6 is 23.2 Å². The average Bonchev–Trinajstić information content (AvgIpc) is 3.13. The lowest BCUT2D eigenvalue weighted by molar-refractivity contribution is -0.127. The van der Waals surface area contributed by atoms with Crippen molar-refractivity contribution in [2.24, 2.45) is 0 Å². The minimum atomic E-state index is -0.629. The largest absolute Gasteiger partial charge is 0.489 e. The number of fused-ring (bicyclic) bond motifs is 2. The molecule has 2 unspecified atom stereocenters. The number of benzene rings is 1. The van der Waals surface area contributed by atoms with E-state index in [4.69, 9.17) is 32.9 Å². The fraction of sp³-hybridized carbons (Fsp3) is 0.323. The van der Waals surface area contributed by atoms with E-state index in [1.54, 1.807) is 23.2 Å². The second-order valence-corrected chi connectivity index (χ2v) is 11.9. The van der Waals surface area contributed by atoms with Crippen LogP contribution in [0.2, 0.25) is 10.0 Å². The van der Waals surface area contributed by atoms with Gasteiger partial charge < -0.3 is 14.5 Å². The molecule has 5 heterocycles. The molecule has 2 aliphatic heterocycles. The molecule has 2 atom stereocenters. The molecule has 0 spiro atoms. The van der Waals surface area contributed by atoms with Gasteiger partial charge in [-0.3, -0.25) is 9.78 Å². The van der Waals surface area contributed by atoms with Crippen LogP contribution in [0.4, 0.5) is 10.2 Å². The Labute approximate surface area is 257 Å². The minimum absolute atomic E-state index is 0.0154. The maximum Gasteiger partial charge on any atom is 0.355 e. The van der Waals surface area contributed by atoms with Crippen molar-refractivity contribution < 1.29 is 13.9 Å². The van der Waals surface area contributed by atoms with Gasteiger partial charge >= 0.3 is 5.69 Å². The average molecular weight is 624 g/mol. The van der Waals surface area contributed by atoms with Gasteiger partial charge in [0.05, 0.1) is 33.7 Å². The molecule has 1 saturated heterocycles. The highest BCUT2D eigenvalue weighted by molar-refractivity contribution is 6.38. The standard InChI is InChI=1S/C31H29Cl2FN6O3/c1-6-21(41)38-12-17(5)39-18(13-38)14-43-28-23-29(36-26(24(28)33)22-19(32)8-7-9-20(22)34)40(31(42)37-30(23)39)27-16(4)10-11-35-25(27)15(2)3/h6-11,15,17-18H,1,12-14H2,2-5H3. The number of aryl methyl sites for hydroxylation is 1. The topological polar surface area (TPSA) is 93.5 Å². The molecule has 9 nitrogen and oxygen atoms in total. The Hall–Kier alpha value is -4.02. The van der Waals surface area contributed by atoms with Crippen molar-refractivity contribution in [1.29, 1.82) is 0 Å². The van der Waals surface area contributed by atoms with Crippen molar-refractivity contribution >= 4 is 46.0 Å². The van der Waals surface area contributed by atoms with E-state index in [-0.39, 0.29) is 63.2 Å². The fourth-order valence-corrected chi connectivity index (χ4v) is 6.60. The van der Waals surface area contributed by atoms with Crippen molar-refractivity contribution in [3.63, 3.8) is 0 Å². The molecular weight excluding hydrogens is 594 g/mol. The van der Waals surface area contributed by atoms with Gasteiger partial charge in [-0.1, -0.05) is 49.7 Å². The van der Waals surface area contributed by atoms with E-state index in [1.807, 2.05) is 32.6 Å². The second-order valence-electron chi connectivity index (χ2n) is 11.1. The van der Waals surface area contributed by atoms with Crippen LogP contribution in [-0.4, -0.2) is 62.1 Å². The van der Waals surface area contributed by atoms with Crippen molar-refractivity contribution in [2.75, 3.05) is 24.6 Å². The third-order valence-electron chi connectivity index (χ3n) is 7.96. The normalized spacial score (nSPS) is 18.0. The van der Waals surface area contributed by atoms with Crippen LogP contribution in [0.1, 0.15) is 37.9 Å². The number of hydrogen-bond acceptors (Lipinski definition) is 7. The van der Waals surface area contributed by atoms with E-state index in [0.717, 1.165) is 5.56 Å². The summed E-state index contributed by atoms with van der Waals surface area (Å²) < 4.78 is 23.1. The summed E-state index contributed by atoms with van der Waals surface area (Å²) in [5, 5.41) is 0.533. The number of halogens is 3. The highest BCUT2D eigenvalue weighted by atomic mass is 35.5. The number of rotatable bonds is 4. The Morgan fingerprint density at radius 1 is 1.21 bits per heavy atom. The number of carbonyl (C=O) groups excluding carboxylic acids is 1. The summed E-state index contributed by atoms with van der Waals surface area (Å²) in [6, 6.07) is 5.50. The molecule has 222 valence electrons. The van der Waals surface area contributed by atoms with E-state index in [0.29, 0.717) is 35.7 Å². The molecular formula is C31H29Cl2FN6O3. The van der Waals surface area contributed by atoms with Gasteiger partial charge in [0.1, 0.15) is 28.7 Å². The van der Waals surface area contributed by atoms with E-state index >= 15 is 4.39 Å². The first kappa shape index (κ1) is 29.1. The van der Waals surface area contributed by atoms with E-state index in [9.17, 15) is 9.59 Å². The van der Waals surface area contributed by atoms with Crippen molar-refractivity contribution in [3.05, 3.63) is 80.7 Å². The zero-order chi connectivity index (χ0) is 30.7. The van der Waals surface area contributed by atoms with Crippen LogP contribution in [0, 0.1) is 12.7 Å². The summed E-state index contributed by atoms with van der Waals surface area (Å²) in [5.41, 5.74) is 1.57. The maximum atomic E-state index is 15.3. The van der Waals surface area contributed by atoms with Gasteiger partial charge in [-0.25, -0.2) is 18.7 Å². The summed E-state index contributed by atoms with van der Waals surface area (Å²) in [4.78, 5) is 44.5. The molecule has 2 aliphatic rings. The number of aromatic nitrogens is 4. The molecule has 1 fully saturated rings. The summed E-state index contributed by atoms with van der Waals surface area (Å²) in [6.45, 7) is 12.2. The first-order chi connectivity index (χ1) is 20.5. The highest BCUT2D eigenvalue weighted by Gasteiger charge is 2.40. The number of ether oxygens (including phenoxy) is 1. The van der Waals surface area contributed by atoms with Crippen molar-refractivity contribution in [2.45, 2.75) is 45.7 Å². The van der Waals surface area contributed by atoms with Crippen LogP contribution in [0.5, 0.6) is 5.75 Å². The summed E-state index contributed by atoms with van der Waals surface area (Å²) >= 11 is 13.5. The smallest absolute Gasteiger partial charge is 0.355 e. The summed E-state index contributed by atoms with van der Waals surface area (Å²) in [6.07, 6.45) is 2.97. The first-order valence-electron chi connectivity index (χ1n) is 13.9. The molecule has 0 N–H and O–H groups in total. The molecule has 0 radical (unpaired) electrons.